The molecule has 1 saturated carbocycles. The van der Waals surface area contributed by atoms with Crippen LogP contribution >= 0.6 is 23.4 Å². The highest BCUT2D eigenvalue weighted by molar-refractivity contribution is 7.98. The van der Waals surface area contributed by atoms with Crippen molar-refractivity contribution in [3.8, 4) is 0 Å². The van der Waals surface area contributed by atoms with Crippen LogP contribution in [0.1, 0.15) is 86.3 Å². The van der Waals surface area contributed by atoms with Crippen LogP contribution in [0.25, 0.3) is 0 Å². The predicted octanol–water partition coefficient (Wildman–Crippen LogP) is 7.63. The standard InChI is InChI=1S/C28H36ClNOS/c1-18(2)20-8-7-19-9-12-25-27(3,13-6-14-28(25,4)23(19)15-20)17-30-26(31)22-16-21(32-5)10-11-24(22)29/h7-8,10-11,15-16,18,25H,6,9,12-14,17H2,1-5H3,(H,30,31)/t25-,27+,28-/m1/s1. The number of benzene rings is 2. The molecule has 2 aromatic rings. The average molecular weight is 470 g/mol. The Bertz CT molecular complexity index is 1020. The predicted molar refractivity (Wildman–Crippen MR) is 137 cm³/mol. The molecule has 4 rings (SSSR count). The van der Waals surface area contributed by atoms with Crippen LogP contribution in [0.15, 0.2) is 41.3 Å². The van der Waals surface area contributed by atoms with Crippen molar-refractivity contribution in [2.45, 2.75) is 76.0 Å². The topological polar surface area (TPSA) is 29.1 Å². The number of thioether (sulfide) groups is 1. The molecule has 3 atom stereocenters. The zero-order chi connectivity index (χ0) is 23.1. The number of amides is 1. The molecule has 0 aromatic heterocycles. The number of carbonyl (C=O) groups is 1. The van der Waals surface area contributed by atoms with E-state index in [9.17, 15) is 4.79 Å². The molecule has 0 unspecified atom stereocenters. The van der Waals surface area contributed by atoms with Gasteiger partial charge in [-0.15, -0.1) is 11.8 Å². The van der Waals surface area contributed by atoms with Crippen molar-refractivity contribution in [2.24, 2.45) is 11.3 Å². The maximum atomic E-state index is 13.1. The lowest BCUT2D eigenvalue weighted by molar-refractivity contribution is 0.0254. The Morgan fingerprint density at radius 1 is 1.19 bits per heavy atom. The number of rotatable bonds is 5. The van der Waals surface area contributed by atoms with Gasteiger partial charge < -0.3 is 5.32 Å². The van der Waals surface area contributed by atoms with Crippen molar-refractivity contribution in [3.63, 3.8) is 0 Å². The lowest BCUT2D eigenvalue weighted by atomic mass is 9.49. The first kappa shape index (κ1) is 23.7. The molecule has 0 heterocycles. The molecular formula is C28H36ClNOS. The van der Waals surface area contributed by atoms with Crippen molar-refractivity contribution in [1.29, 1.82) is 0 Å². The second kappa shape index (κ2) is 9.06. The van der Waals surface area contributed by atoms with Crippen LogP contribution in [0.5, 0.6) is 0 Å². The third-order valence-electron chi connectivity index (χ3n) is 8.24. The molecule has 1 fully saturated rings. The average Bonchev–Trinajstić information content (AvgIpc) is 2.77. The summed E-state index contributed by atoms with van der Waals surface area (Å²) in [5, 5.41) is 3.79. The molecule has 0 bridgehead atoms. The molecule has 0 radical (unpaired) electrons. The molecule has 2 aliphatic rings. The summed E-state index contributed by atoms with van der Waals surface area (Å²) in [7, 11) is 0. The Hall–Kier alpha value is -1.45. The van der Waals surface area contributed by atoms with Gasteiger partial charge in [0.25, 0.3) is 5.91 Å². The number of aryl methyl sites for hydroxylation is 1. The quantitative estimate of drug-likeness (QED) is 0.456. The van der Waals surface area contributed by atoms with Crippen LogP contribution in [0.4, 0.5) is 0 Å². The molecule has 2 aromatic carbocycles. The van der Waals surface area contributed by atoms with Gasteiger partial charge in [-0.05, 0) is 89.5 Å². The first-order valence-corrected chi connectivity index (χ1v) is 13.5. The van der Waals surface area contributed by atoms with Crippen molar-refractivity contribution in [1.82, 2.24) is 5.32 Å². The first-order valence-electron chi connectivity index (χ1n) is 11.9. The molecule has 0 spiro atoms. The maximum Gasteiger partial charge on any atom is 0.252 e. The molecule has 1 amide bonds. The Kier molecular flexibility index (Phi) is 6.71. The molecule has 0 saturated heterocycles. The van der Waals surface area contributed by atoms with Gasteiger partial charge in [-0.2, -0.15) is 0 Å². The summed E-state index contributed by atoms with van der Waals surface area (Å²) in [5.74, 6) is 1.05. The third kappa shape index (κ3) is 4.23. The Morgan fingerprint density at radius 2 is 1.97 bits per heavy atom. The molecule has 1 N–H and O–H groups in total. The molecule has 2 nitrogen and oxygen atoms in total. The molecule has 172 valence electrons. The van der Waals surface area contributed by atoms with Gasteiger partial charge in [0.05, 0.1) is 10.6 Å². The van der Waals surface area contributed by atoms with Crippen molar-refractivity contribution >= 4 is 29.3 Å². The monoisotopic (exact) mass is 469 g/mol. The molecule has 2 aliphatic carbocycles. The summed E-state index contributed by atoms with van der Waals surface area (Å²) in [6.07, 6.45) is 7.94. The van der Waals surface area contributed by atoms with E-state index >= 15 is 0 Å². The van der Waals surface area contributed by atoms with Crippen molar-refractivity contribution in [3.05, 3.63) is 63.7 Å². The second-order valence-electron chi connectivity index (χ2n) is 10.6. The van der Waals surface area contributed by atoms with Gasteiger partial charge in [0.1, 0.15) is 0 Å². The number of hydrogen-bond donors (Lipinski definition) is 1. The SMILES string of the molecule is CSc1ccc(Cl)c(C(=O)NC[C@]2(C)CCC[C@]3(C)c4cc(C(C)C)ccc4CC[C@H]23)c1. The van der Waals surface area contributed by atoms with Crippen LogP contribution < -0.4 is 5.32 Å². The van der Waals surface area contributed by atoms with Gasteiger partial charge in [-0.1, -0.05) is 63.9 Å². The molecule has 4 heteroatoms. The van der Waals surface area contributed by atoms with Crippen LogP contribution in [0.2, 0.25) is 5.02 Å². The lowest BCUT2D eigenvalue weighted by Gasteiger charge is -2.55. The van der Waals surface area contributed by atoms with Gasteiger partial charge in [0, 0.05) is 11.4 Å². The van der Waals surface area contributed by atoms with E-state index in [4.69, 9.17) is 11.6 Å². The van der Waals surface area contributed by atoms with E-state index in [-0.39, 0.29) is 16.7 Å². The minimum atomic E-state index is -0.0577. The fourth-order valence-corrected chi connectivity index (χ4v) is 7.01. The van der Waals surface area contributed by atoms with Crippen molar-refractivity contribution < 1.29 is 4.79 Å². The summed E-state index contributed by atoms with van der Waals surface area (Å²) in [4.78, 5) is 14.1. The van der Waals surface area contributed by atoms with E-state index in [2.05, 4.69) is 51.2 Å². The lowest BCUT2D eigenvalue weighted by Crippen LogP contribution is -2.53. The minimum absolute atomic E-state index is 0.0577. The fourth-order valence-electron chi connectivity index (χ4n) is 6.36. The van der Waals surface area contributed by atoms with Crippen LogP contribution in [0.3, 0.4) is 0 Å². The molecule has 32 heavy (non-hydrogen) atoms. The maximum absolute atomic E-state index is 13.1. The summed E-state index contributed by atoms with van der Waals surface area (Å²) in [6, 6.07) is 12.9. The Balaban J connectivity index is 1.58. The van der Waals surface area contributed by atoms with Crippen LogP contribution in [-0.4, -0.2) is 18.7 Å². The Labute approximate surface area is 202 Å². The van der Waals surface area contributed by atoms with Crippen LogP contribution in [0, 0.1) is 11.3 Å². The number of nitrogens with one attached hydrogen (secondary N) is 1. The third-order valence-corrected chi connectivity index (χ3v) is 9.30. The van der Waals surface area contributed by atoms with Gasteiger partial charge in [-0.3, -0.25) is 4.79 Å². The van der Waals surface area contributed by atoms with E-state index in [0.717, 1.165) is 17.7 Å². The number of carbonyl (C=O) groups excluding carboxylic acids is 1. The normalized spacial score (nSPS) is 27.0. The van der Waals surface area contributed by atoms with Gasteiger partial charge in [0.2, 0.25) is 0 Å². The highest BCUT2D eigenvalue weighted by Crippen LogP contribution is 2.57. The minimum Gasteiger partial charge on any atom is -0.351 e. The van der Waals surface area contributed by atoms with E-state index < -0.39 is 0 Å². The second-order valence-corrected chi connectivity index (χ2v) is 11.9. The Morgan fingerprint density at radius 3 is 2.69 bits per heavy atom. The summed E-state index contributed by atoms with van der Waals surface area (Å²) in [6.45, 7) is 10.1. The molecule has 0 aliphatic heterocycles. The highest BCUT2D eigenvalue weighted by Gasteiger charge is 2.51. The van der Waals surface area contributed by atoms with Crippen LogP contribution in [-0.2, 0) is 11.8 Å². The number of halogens is 1. The smallest absolute Gasteiger partial charge is 0.252 e. The van der Waals surface area contributed by atoms with E-state index in [1.165, 1.54) is 30.4 Å². The van der Waals surface area contributed by atoms with E-state index in [1.807, 2.05) is 24.5 Å². The number of fused-ring (bicyclic) bond motifs is 3. The zero-order valence-corrected chi connectivity index (χ0v) is 21.6. The fraction of sp³-hybridized carbons (Fsp3) is 0.536. The summed E-state index contributed by atoms with van der Waals surface area (Å²) >= 11 is 7.99. The number of hydrogen-bond acceptors (Lipinski definition) is 2. The van der Waals surface area contributed by atoms with Gasteiger partial charge in [0.15, 0.2) is 0 Å². The van der Waals surface area contributed by atoms with Gasteiger partial charge >= 0.3 is 0 Å². The summed E-state index contributed by atoms with van der Waals surface area (Å²) in [5.41, 5.74) is 5.37. The molecular weight excluding hydrogens is 434 g/mol. The van der Waals surface area contributed by atoms with E-state index in [0.29, 0.717) is 29.0 Å². The largest absolute Gasteiger partial charge is 0.351 e. The first-order chi connectivity index (χ1) is 15.2. The van der Waals surface area contributed by atoms with Gasteiger partial charge in [-0.25, -0.2) is 0 Å². The highest BCUT2D eigenvalue weighted by atomic mass is 35.5. The van der Waals surface area contributed by atoms with E-state index in [1.54, 1.807) is 17.3 Å². The summed E-state index contributed by atoms with van der Waals surface area (Å²) < 4.78 is 0. The zero-order valence-electron chi connectivity index (χ0n) is 20.1. The van der Waals surface area contributed by atoms with Crippen molar-refractivity contribution in [2.75, 3.05) is 12.8 Å².